The Labute approximate surface area is 147 Å². The molecule has 1 aromatic carbocycles. The lowest BCUT2D eigenvalue weighted by Crippen LogP contribution is -2.45. The van der Waals surface area contributed by atoms with E-state index in [0.717, 1.165) is 22.2 Å². The zero-order chi connectivity index (χ0) is 17.7. The molecule has 1 aliphatic rings. The Morgan fingerprint density at radius 2 is 1.92 bits per heavy atom. The molecule has 124 valence electrons. The van der Waals surface area contributed by atoms with E-state index >= 15 is 0 Å². The summed E-state index contributed by atoms with van der Waals surface area (Å²) in [4.78, 5) is 35.5. The van der Waals surface area contributed by atoms with E-state index in [9.17, 15) is 14.4 Å². The predicted molar refractivity (Wildman–Crippen MR) is 94.3 cm³/mol. The van der Waals surface area contributed by atoms with Gasteiger partial charge in [-0.1, -0.05) is 66.5 Å². The Morgan fingerprint density at radius 3 is 2.50 bits per heavy atom. The molecule has 2 rings (SSSR count). The molecule has 1 atom stereocenters. The molecule has 0 spiro atoms. The Hall–Kier alpha value is -2.45. The van der Waals surface area contributed by atoms with E-state index in [1.807, 2.05) is 30.3 Å². The lowest BCUT2D eigenvalue weighted by molar-refractivity contribution is -0.150. The molecule has 1 amide bonds. The first-order valence-electron chi connectivity index (χ1n) is 6.83. The van der Waals surface area contributed by atoms with Crippen molar-refractivity contribution in [2.24, 2.45) is 0 Å². The number of thiocarbonyl (C=S) groups is 1. The Bertz CT molecular complexity index is 742. The summed E-state index contributed by atoms with van der Waals surface area (Å²) >= 11 is 5.98. The second-order valence-electron chi connectivity index (χ2n) is 4.80. The molecular weight excluding hydrogens is 350 g/mol. The van der Waals surface area contributed by atoms with Crippen LogP contribution in [-0.2, 0) is 14.4 Å². The van der Waals surface area contributed by atoms with Crippen molar-refractivity contribution in [3.8, 4) is 0 Å². The zero-order valence-corrected chi connectivity index (χ0v) is 13.9. The fourth-order valence-corrected chi connectivity index (χ4v) is 3.34. The van der Waals surface area contributed by atoms with E-state index in [-0.39, 0.29) is 9.23 Å². The number of hydrogen-bond acceptors (Lipinski definition) is 5. The molecule has 24 heavy (non-hydrogen) atoms. The third-order valence-electron chi connectivity index (χ3n) is 3.12. The third kappa shape index (κ3) is 4.30. The molecule has 2 N–H and O–H groups in total. The molecular formula is C16H13NO5S2. The van der Waals surface area contributed by atoms with Crippen molar-refractivity contribution in [1.82, 2.24) is 4.90 Å². The minimum Gasteiger partial charge on any atom is -0.481 e. The summed E-state index contributed by atoms with van der Waals surface area (Å²) in [6, 6.07) is 7.91. The van der Waals surface area contributed by atoms with Gasteiger partial charge < -0.3 is 10.2 Å². The normalized spacial score (nSPS) is 17.7. The van der Waals surface area contributed by atoms with Crippen molar-refractivity contribution in [1.29, 1.82) is 0 Å². The summed E-state index contributed by atoms with van der Waals surface area (Å²) in [5.74, 6) is -3.32. The number of carbonyl (C=O) groups is 3. The van der Waals surface area contributed by atoms with Crippen LogP contribution in [0.2, 0.25) is 0 Å². The number of carbonyl (C=O) groups excluding carboxylic acids is 1. The van der Waals surface area contributed by atoms with Gasteiger partial charge >= 0.3 is 11.9 Å². The number of aliphatic carboxylic acids is 2. The van der Waals surface area contributed by atoms with Crippen LogP contribution in [0.5, 0.6) is 0 Å². The van der Waals surface area contributed by atoms with Crippen LogP contribution in [0.1, 0.15) is 12.0 Å². The summed E-state index contributed by atoms with van der Waals surface area (Å²) in [6.45, 7) is 0. The van der Waals surface area contributed by atoms with Gasteiger partial charge in [-0.25, -0.2) is 4.79 Å². The van der Waals surface area contributed by atoms with Crippen LogP contribution >= 0.6 is 24.0 Å². The molecule has 0 radical (unpaired) electrons. The number of benzene rings is 1. The number of nitrogens with zero attached hydrogens (tertiary/aromatic N) is 1. The molecule has 1 aliphatic heterocycles. The second-order valence-corrected chi connectivity index (χ2v) is 6.47. The number of allylic oxidation sites excluding steroid dienone is 2. The molecule has 1 unspecified atom stereocenters. The number of hydrogen-bond donors (Lipinski definition) is 2. The summed E-state index contributed by atoms with van der Waals surface area (Å²) in [6.07, 6.45) is 4.27. The van der Waals surface area contributed by atoms with Gasteiger partial charge in [0.15, 0.2) is 0 Å². The Balaban J connectivity index is 2.18. The maximum absolute atomic E-state index is 12.3. The maximum atomic E-state index is 12.3. The van der Waals surface area contributed by atoms with E-state index in [1.54, 1.807) is 12.2 Å². The second kappa shape index (κ2) is 7.89. The number of amides is 1. The lowest BCUT2D eigenvalue weighted by Gasteiger charge is -2.21. The van der Waals surface area contributed by atoms with E-state index < -0.39 is 30.3 Å². The van der Waals surface area contributed by atoms with Crippen molar-refractivity contribution in [3.05, 3.63) is 53.0 Å². The van der Waals surface area contributed by atoms with Gasteiger partial charge in [0, 0.05) is 0 Å². The van der Waals surface area contributed by atoms with Gasteiger partial charge in [0.05, 0.1) is 11.3 Å². The van der Waals surface area contributed by atoms with Crippen LogP contribution < -0.4 is 0 Å². The van der Waals surface area contributed by atoms with Crippen molar-refractivity contribution in [2.45, 2.75) is 12.5 Å². The average Bonchev–Trinajstić information content (AvgIpc) is 2.80. The van der Waals surface area contributed by atoms with Gasteiger partial charge in [-0.3, -0.25) is 14.5 Å². The molecule has 6 nitrogen and oxygen atoms in total. The van der Waals surface area contributed by atoms with E-state index in [4.69, 9.17) is 22.4 Å². The highest BCUT2D eigenvalue weighted by Crippen LogP contribution is 2.33. The van der Waals surface area contributed by atoms with E-state index in [2.05, 4.69) is 0 Å². The molecule has 0 aromatic heterocycles. The maximum Gasteiger partial charge on any atom is 0.327 e. The number of carboxylic acid groups (broad SMARTS) is 2. The summed E-state index contributed by atoms with van der Waals surface area (Å²) in [5, 5.41) is 18.0. The van der Waals surface area contributed by atoms with Crippen LogP contribution in [-0.4, -0.2) is 43.3 Å². The first-order valence-corrected chi connectivity index (χ1v) is 8.06. The highest BCUT2D eigenvalue weighted by atomic mass is 32.2. The minimum atomic E-state index is -1.51. The Morgan fingerprint density at radius 1 is 1.25 bits per heavy atom. The van der Waals surface area contributed by atoms with Gasteiger partial charge in [0.25, 0.3) is 5.91 Å². The number of thioether (sulfide) groups is 1. The monoisotopic (exact) mass is 363 g/mol. The van der Waals surface area contributed by atoms with Crippen LogP contribution in [0, 0.1) is 0 Å². The molecule has 0 saturated carbocycles. The molecule has 1 fully saturated rings. The summed E-state index contributed by atoms with van der Waals surface area (Å²) < 4.78 is 0.0352. The zero-order valence-electron chi connectivity index (χ0n) is 12.3. The van der Waals surface area contributed by atoms with Crippen molar-refractivity contribution < 1.29 is 24.6 Å². The topological polar surface area (TPSA) is 94.9 Å². The first-order chi connectivity index (χ1) is 11.4. The Kier molecular flexibility index (Phi) is 5.88. The SMILES string of the molecule is O=C(O)CC(C(=O)O)N1C(=O)C(=CC=Cc2ccccc2)SC1=S. The predicted octanol–water partition coefficient (Wildman–Crippen LogP) is 2.37. The third-order valence-corrected chi connectivity index (χ3v) is 4.47. The summed E-state index contributed by atoms with van der Waals surface area (Å²) in [5.41, 5.74) is 0.943. The van der Waals surface area contributed by atoms with Crippen molar-refractivity contribution in [2.75, 3.05) is 0 Å². The average molecular weight is 363 g/mol. The van der Waals surface area contributed by atoms with Gasteiger partial charge in [0.1, 0.15) is 10.4 Å². The highest BCUT2D eigenvalue weighted by Gasteiger charge is 2.41. The van der Waals surface area contributed by atoms with Crippen molar-refractivity contribution >= 4 is 52.2 Å². The smallest absolute Gasteiger partial charge is 0.327 e. The first kappa shape index (κ1) is 17.9. The summed E-state index contributed by atoms with van der Waals surface area (Å²) in [7, 11) is 0. The fourth-order valence-electron chi connectivity index (χ4n) is 2.03. The number of carboxylic acids is 2. The van der Waals surface area contributed by atoms with E-state index in [1.165, 1.54) is 6.08 Å². The minimum absolute atomic E-state index is 0.0352. The van der Waals surface area contributed by atoms with Gasteiger partial charge in [-0.2, -0.15) is 0 Å². The van der Waals surface area contributed by atoms with Gasteiger partial charge in [-0.05, 0) is 11.6 Å². The van der Waals surface area contributed by atoms with Crippen LogP contribution in [0.25, 0.3) is 6.08 Å². The van der Waals surface area contributed by atoms with Crippen LogP contribution in [0.3, 0.4) is 0 Å². The number of rotatable bonds is 6. The molecule has 1 heterocycles. The van der Waals surface area contributed by atoms with Gasteiger partial charge in [-0.15, -0.1) is 0 Å². The van der Waals surface area contributed by atoms with Crippen molar-refractivity contribution in [3.63, 3.8) is 0 Å². The molecule has 0 bridgehead atoms. The highest BCUT2D eigenvalue weighted by molar-refractivity contribution is 8.26. The van der Waals surface area contributed by atoms with E-state index in [0.29, 0.717) is 0 Å². The quantitative estimate of drug-likeness (QED) is 0.592. The largest absolute Gasteiger partial charge is 0.481 e. The fraction of sp³-hybridized carbons (Fsp3) is 0.125. The molecule has 1 saturated heterocycles. The van der Waals surface area contributed by atoms with Crippen LogP contribution in [0.4, 0.5) is 0 Å². The lowest BCUT2D eigenvalue weighted by atomic mass is 10.2. The molecule has 8 heteroatoms. The molecule has 0 aliphatic carbocycles. The standard InChI is InChI=1S/C16H13NO5S2/c18-13(19)9-11(15(21)22)17-14(20)12(24-16(17)23)8-4-7-10-5-2-1-3-6-10/h1-8,11H,9H2,(H,18,19)(H,21,22). The molecule has 1 aromatic rings. The van der Waals surface area contributed by atoms with Crippen LogP contribution in [0.15, 0.2) is 47.4 Å². The van der Waals surface area contributed by atoms with Gasteiger partial charge in [0.2, 0.25) is 0 Å².